The van der Waals surface area contributed by atoms with Crippen molar-refractivity contribution in [2.24, 2.45) is 0 Å². The molecule has 1 fully saturated rings. The summed E-state index contributed by atoms with van der Waals surface area (Å²) in [4.78, 5) is 8.09. The van der Waals surface area contributed by atoms with Gasteiger partial charge < -0.3 is 0 Å². The zero-order valence-electron chi connectivity index (χ0n) is 29.7. The molecular formula is C46H48O2S3. The smallest absolute Gasteiger partial charge is 0.181 e. The van der Waals surface area contributed by atoms with E-state index in [1.807, 2.05) is 12.1 Å². The largest absolute Gasteiger partial charge is 0.223 e. The van der Waals surface area contributed by atoms with Gasteiger partial charge in [0.2, 0.25) is 0 Å². The zero-order valence-corrected chi connectivity index (χ0v) is 32.3. The van der Waals surface area contributed by atoms with Crippen LogP contribution in [0.4, 0.5) is 0 Å². The summed E-state index contributed by atoms with van der Waals surface area (Å²) in [5.41, 5.74) is 3.82. The van der Waals surface area contributed by atoms with Crippen LogP contribution in [0.2, 0.25) is 0 Å². The fourth-order valence-electron chi connectivity index (χ4n) is 7.16. The van der Waals surface area contributed by atoms with E-state index in [4.69, 9.17) is 0 Å². The molecule has 1 aliphatic rings. The summed E-state index contributed by atoms with van der Waals surface area (Å²) in [5, 5.41) is -0.258. The molecule has 51 heavy (non-hydrogen) atoms. The molecule has 0 saturated heterocycles. The summed E-state index contributed by atoms with van der Waals surface area (Å²) in [6.45, 7) is 6.79. The van der Waals surface area contributed by atoms with Gasteiger partial charge in [-0.05, 0) is 149 Å². The SMILES string of the molecule is CC(C)(C)c1ccc([SH](c2ccccc2)c2cccc(-c3cccc([SH](c4ccccc4)c4ccc(S(=O)(=O)C5CCCCC5)cc4)c3)c2)cc1. The first-order chi connectivity index (χ1) is 24.7. The average molecular weight is 729 g/mol. The molecule has 5 heteroatoms. The van der Waals surface area contributed by atoms with Crippen molar-refractivity contribution in [2.75, 3.05) is 0 Å². The van der Waals surface area contributed by atoms with Gasteiger partial charge >= 0.3 is 0 Å². The minimum atomic E-state index is -3.33. The molecule has 0 radical (unpaired) electrons. The molecule has 0 aromatic heterocycles. The van der Waals surface area contributed by atoms with E-state index >= 15 is 0 Å². The van der Waals surface area contributed by atoms with Gasteiger partial charge in [0, 0.05) is 0 Å². The fourth-order valence-corrected chi connectivity index (χ4v) is 13.6. The van der Waals surface area contributed by atoms with E-state index < -0.39 is 31.6 Å². The Morgan fingerprint density at radius 2 is 0.882 bits per heavy atom. The molecule has 0 amide bonds. The highest BCUT2D eigenvalue weighted by Crippen LogP contribution is 2.54. The molecule has 6 aromatic carbocycles. The Bertz CT molecular complexity index is 2160. The Hall–Kier alpha value is -4.03. The highest BCUT2D eigenvalue weighted by atomic mass is 32.2. The van der Waals surface area contributed by atoms with Gasteiger partial charge in [-0.25, -0.2) is 8.42 Å². The third-order valence-electron chi connectivity index (χ3n) is 9.98. The Morgan fingerprint density at radius 3 is 1.33 bits per heavy atom. The lowest BCUT2D eigenvalue weighted by Gasteiger charge is -2.26. The van der Waals surface area contributed by atoms with Crippen molar-refractivity contribution < 1.29 is 8.42 Å². The molecule has 7 rings (SSSR count). The number of sulfone groups is 1. The normalized spacial score (nSPS) is 16.0. The van der Waals surface area contributed by atoms with Crippen molar-refractivity contribution in [2.45, 2.75) is 97.8 Å². The van der Waals surface area contributed by atoms with E-state index in [2.05, 4.69) is 166 Å². The third kappa shape index (κ3) is 7.91. The van der Waals surface area contributed by atoms with E-state index in [9.17, 15) is 8.42 Å². The van der Waals surface area contributed by atoms with Crippen molar-refractivity contribution in [3.05, 3.63) is 163 Å². The lowest BCUT2D eigenvalue weighted by molar-refractivity contribution is 0.483. The van der Waals surface area contributed by atoms with Gasteiger partial charge in [-0.1, -0.05) is 113 Å². The van der Waals surface area contributed by atoms with Gasteiger partial charge in [0.15, 0.2) is 9.84 Å². The Morgan fingerprint density at radius 1 is 0.471 bits per heavy atom. The van der Waals surface area contributed by atoms with Crippen LogP contribution >= 0.6 is 21.8 Å². The van der Waals surface area contributed by atoms with E-state index in [1.165, 1.54) is 41.2 Å². The summed E-state index contributed by atoms with van der Waals surface area (Å²) in [6, 6.07) is 56.6. The van der Waals surface area contributed by atoms with Crippen LogP contribution in [0.15, 0.2) is 192 Å². The van der Waals surface area contributed by atoms with Crippen molar-refractivity contribution in [1.82, 2.24) is 0 Å². The Labute approximate surface area is 310 Å². The first-order valence-electron chi connectivity index (χ1n) is 18.0. The number of thiol groups is 2. The third-order valence-corrected chi connectivity index (χ3v) is 17.1. The summed E-state index contributed by atoms with van der Waals surface area (Å²) in [7, 11) is -5.00. The van der Waals surface area contributed by atoms with Crippen molar-refractivity contribution in [1.29, 1.82) is 0 Å². The fraction of sp³-hybridized carbons (Fsp3) is 0.217. The minimum Gasteiger partial charge on any atom is -0.223 e. The van der Waals surface area contributed by atoms with Gasteiger partial charge in [-0.2, -0.15) is 21.8 Å². The highest BCUT2D eigenvalue weighted by Gasteiger charge is 2.29. The molecule has 0 spiro atoms. The van der Waals surface area contributed by atoms with Crippen molar-refractivity contribution in [3.63, 3.8) is 0 Å². The number of rotatable bonds is 9. The first kappa shape index (κ1) is 35.4. The van der Waals surface area contributed by atoms with E-state index in [1.54, 1.807) is 0 Å². The van der Waals surface area contributed by atoms with Gasteiger partial charge in [0.25, 0.3) is 0 Å². The Balaban J connectivity index is 1.25. The number of hydrogen-bond donors (Lipinski definition) is 2. The highest BCUT2D eigenvalue weighted by molar-refractivity contribution is 8.17. The molecule has 0 N–H and O–H groups in total. The molecule has 6 aromatic rings. The maximum atomic E-state index is 13.5. The van der Waals surface area contributed by atoms with E-state index in [-0.39, 0.29) is 10.7 Å². The van der Waals surface area contributed by atoms with Crippen LogP contribution in [0.5, 0.6) is 0 Å². The van der Waals surface area contributed by atoms with Crippen LogP contribution in [0.3, 0.4) is 0 Å². The van der Waals surface area contributed by atoms with E-state index in [0.29, 0.717) is 4.90 Å². The Kier molecular flexibility index (Phi) is 10.6. The summed E-state index contributed by atoms with van der Waals surface area (Å²) in [5.74, 6) is 0. The van der Waals surface area contributed by atoms with Crippen LogP contribution in [0.25, 0.3) is 11.1 Å². The number of hydrogen-bond acceptors (Lipinski definition) is 2. The maximum absolute atomic E-state index is 13.5. The molecule has 0 heterocycles. The second-order valence-electron chi connectivity index (χ2n) is 14.5. The van der Waals surface area contributed by atoms with Gasteiger partial charge in [-0.3, -0.25) is 0 Å². The van der Waals surface area contributed by atoms with Crippen LogP contribution < -0.4 is 0 Å². The van der Waals surface area contributed by atoms with E-state index in [0.717, 1.165) is 37.0 Å². The monoisotopic (exact) mass is 728 g/mol. The summed E-state index contributed by atoms with van der Waals surface area (Å²) < 4.78 is 27.1. The standard InChI is InChI=1S/C46H48O2S3/c1-46(2,3)37-25-27-40(28-26-37)49(38-17-7-4-8-18-38)42-21-13-15-35(33-42)36-16-14-22-43(34-36)50(39-19-9-5-10-20-39)41-29-31-45(32-30-41)51(47,48)44-23-11-6-12-24-44/h4-5,7-10,13-22,25-34,44,49-50H,6,11-12,23-24H2,1-3H3. The predicted octanol–water partition coefficient (Wildman–Crippen LogP) is 12.7. The lowest BCUT2D eigenvalue weighted by atomic mass is 9.87. The lowest BCUT2D eigenvalue weighted by Crippen LogP contribution is -2.24. The van der Waals surface area contributed by atoms with Crippen LogP contribution in [-0.2, 0) is 15.3 Å². The number of benzene rings is 6. The molecular weight excluding hydrogens is 681 g/mol. The minimum absolute atomic E-state index is 0.104. The molecule has 262 valence electrons. The molecule has 0 bridgehead atoms. The van der Waals surface area contributed by atoms with Crippen LogP contribution in [-0.4, -0.2) is 13.7 Å². The van der Waals surface area contributed by atoms with Crippen LogP contribution in [0, 0.1) is 0 Å². The maximum Gasteiger partial charge on any atom is 0.181 e. The van der Waals surface area contributed by atoms with Crippen molar-refractivity contribution in [3.8, 4) is 11.1 Å². The molecule has 2 atom stereocenters. The quantitative estimate of drug-likeness (QED) is 0.145. The second kappa shape index (κ2) is 15.3. The topological polar surface area (TPSA) is 34.1 Å². The van der Waals surface area contributed by atoms with Gasteiger partial charge in [0.05, 0.1) is 10.1 Å². The average Bonchev–Trinajstić information content (AvgIpc) is 3.17. The summed E-state index contributed by atoms with van der Waals surface area (Å²) in [6.07, 6.45) is 4.67. The van der Waals surface area contributed by atoms with Crippen molar-refractivity contribution >= 4 is 31.6 Å². The van der Waals surface area contributed by atoms with Gasteiger partial charge in [-0.15, -0.1) is 0 Å². The molecule has 2 nitrogen and oxygen atoms in total. The predicted molar refractivity (Wildman–Crippen MR) is 218 cm³/mol. The first-order valence-corrected chi connectivity index (χ1v) is 22.3. The molecule has 2 unspecified atom stereocenters. The molecule has 0 aliphatic heterocycles. The molecule has 1 saturated carbocycles. The van der Waals surface area contributed by atoms with Gasteiger partial charge in [0.1, 0.15) is 0 Å². The molecule has 1 aliphatic carbocycles. The second-order valence-corrected chi connectivity index (χ2v) is 21.2. The van der Waals surface area contributed by atoms with Crippen LogP contribution in [0.1, 0.15) is 58.4 Å². The summed E-state index contributed by atoms with van der Waals surface area (Å²) >= 11 is 0. The zero-order chi connectivity index (χ0) is 35.4.